The van der Waals surface area contributed by atoms with Crippen LogP contribution in [0.25, 0.3) is 0 Å². The molecule has 1 aromatic rings. The van der Waals surface area contributed by atoms with E-state index in [1.54, 1.807) is 0 Å². The zero-order valence-electron chi connectivity index (χ0n) is 11.6. The Bertz CT molecular complexity index is 537. The van der Waals surface area contributed by atoms with Crippen LogP contribution in [0.4, 0.5) is 14.5 Å². The van der Waals surface area contributed by atoms with Crippen molar-refractivity contribution in [2.24, 2.45) is 0 Å². The van der Waals surface area contributed by atoms with Gasteiger partial charge in [0.25, 0.3) is 5.91 Å². The third-order valence-corrected chi connectivity index (χ3v) is 2.56. The van der Waals surface area contributed by atoms with Crippen LogP contribution < -0.4 is 11.1 Å². The molecule has 0 aliphatic rings. The third kappa shape index (κ3) is 4.67. The van der Waals surface area contributed by atoms with E-state index in [1.807, 2.05) is 0 Å². The Kier molecular flexibility index (Phi) is 6.04. The summed E-state index contributed by atoms with van der Waals surface area (Å²) < 4.78 is 36.2. The minimum absolute atomic E-state index is 0.238. The molecule has 1 unspecified atom stereocenters. The Hall–Kier alpha value is -2.22. The van der Waals surface area contributed by atoms with Gasteiger partial charge in [-0.05, 0) is 13.0 Å². The number of anilines is 1. The second-order valence-corrected chi connectivity index (χ2v) is 4.18. The Labute approximate surface area is 120 Å². The number of nitrogen functional groups attached to an aromatic ring is 1. The lowest BCUT2D eigenvalue weighted by Crippen LogP contribution is -2.37. The number of amides is 1. The Morgan fingerprint density at radius 3 is 2.62 bits per heavy atom. The molecule has 0 aliphatic heterocycles. The van der Waals surface area contributed by atoms with E-state index in [0.29, 0.717) is 18.7 Å². The van der Waals surface area contributed by atoms with Crippen molar-refractivity contribution in [3.05, 3.63) is 29.3 Å². The van der Waals surface area contributed by atoms with E-state index in [9.17, 15) is 18.4 Å². The van der Waals surface area contributed by atoms with Gasteiger partial charge < -0.3 is 20.5 Å². The molecule has 6 nitrogen and oxygen atoms in total. The minimum Gasteiger partial charge on any atom is -0.449 e. The highest BCUT2D eigenvalue weighted by Crippen LogP contribution is 2.17. The van der Waals surface area contributed by atoms with Gasteiger partial charge in [-0.2, -0.15) is 0 Å². The molecule has 21 heavy (non-hydrogen) atoms. The highest BCUT2D eigenvalue weighted by atomic mass is 19.1. The molecule has 1 atom stereocenters. The van der Waals surface area contributed by atoms with Crippen molar-refractivity contribution >= 4 is 17.6 Å². The second kappa shape index (κ2) is 7.53. The van der Waals surface area contributed by atoms with E-state index in [4.69, 9.17) is 15.2 Å². The Morgan fingerprint density at radius 2 is 2.00 bits per heavy atom. The molecule has 0 saturated carbocycles. The molecule has 0 fully saturated rings. The summed E-state index contributed by atoms with van der Waals surface area (Å²) in [6.07, 6.45) is -1.16. The summed E-state index contributed by atoms with van der Waals surface area (Å²) in [4.78, 5) is 23.3. The van der Waals surface area contributed by atoms with Gasteiger partial charge in [0.05, 0.1) is 17.9 Å². The van der Waals surface area contributed by atoms with Crippen molar-refractivity contribution in [3.8, 4) is 0 Å². The SMILES string of the molecule is COCCNC(=O)C(C)OC(=O)c1cc(F)c(N)cc1F. The summed E-state index contributed by atoms with van der Waals surface area (Å²) in [6.45, 7) is 1.85. The van der Waals surface area contributed by atoms with Gasteiger partial charge in [0.1, 0.15) is 11.6 Å². The minimum atomic E-state index is -1.16. The van der Waals surface area contributed by atoms with Crippen LogP contribution in [0.15, 0.2) is 12.1 Å². The zero-order valence-corrected chi connectivity index (χ0v) is 11.6. The van der Waals surface area contributed by atoms with E-state index in [0.717, 1.165) is 0 Å². The molecule has 1 rings (SSSR count). The van der Waals surface area contributed by atoms with E-state index in [1.165, 1.54) is 14.0 Å². The molecule has 0 bridgehead atoms. The van der Waals surface area contributed by atoms with Gasteiger partial charge >= 0.3 is 5.97 Å². The van der Waals surface area contributed by atoms with Crippen LogP contribution in [0, 0.1) is 11.6 Å². The average molecular weight is 302 g/mol. The molecule has 0 radical (unpaired) electrons. The zero-order chi connectivity index (χ0) is 16.0. The normalized spacial score (nSPS) is 11.8. The number of benzene rings is 1. The smallest absolute Gasteiger partial charge is 0.342 e. The topological polar surface area (TPSA) is 90.6 Å². The molecule has 8 heteroatoms. The number of hydrogen-bond donors (Lipinski definition) is 2. The first-order valence-electron chi connectivity index (χ1n) is 6.09. The van der Waals surface area contributed by atoms with Crippen LogP contribution in [-0.2, 0) is 14.3 Å². The second-order valence-electron chi connectivity index (χ2n) is 4.18. The van der Waals surface area contributed by atoms with Gasteiger partial charge in [0.15, 0.2) is 6.10 Å². The van der Waals surface area contributed by atoms with Crippen LogP contribution in [0.1, 0.15) is 17.3 Å². The maximum absolute atomic E-state index is 13.5. The summed E-state index contributed by atoms with van der Waals surface area (Å²) >= 11 is 0. The molecular weight excluding hydrogens is 286 g/mol. The fourth-order valence-corrected chi connectivity index (χ4v) is 1.42. The van der Waals surface area contributed by atoms with Gasteiger partial charge in [-0.3, -0.25) is 4.79 Å². The molecule has 3 N–H and O–H groups in total. The lowest BCUT2D eigenvalue weighted by atomic mass is 10.2. The van der Waals surface area contributed by atoms with E-state index in [2.05, 4.69) is 5.32 Å². The van der Waals surface area contributed by atoms with E-state index in [-0.39, 0.29) is 6.54 Å². The number of esters is 1. The molecule has 0 spiro atoms. The first-order chi connectivity index (χ1) is 9.86. The van der Waals surface area contributed by atoms with Crippen LogP contribution in [-0.4, -0.2) is 38.2 Å². The van der Waals surface area contributed by atoms with Gasteiger partial charge in [0, 0.05) is 19.7 Å². The maximum Gasteiger partial charge on any atom is 0.342 e. The quantitative estimate of drug-likeness (QED) is 0.462. The molecule has 0 aromatic heterocycles. The lowest BCUT2D eigenvalue weighted by Gasteiger charge is -2.13. The largest absolute Gasteiger partial charge is 0.449 e. The van der Waals surface area contributed by atoms with Crippen molar-refractivity contribution in [2.45, 2.75) is 13.0 Å². The molecule has 1 aromatic carbocycles. The van der Waals surface area contributed by atoms with Crippen molar-refractivity contribution in [1.82, 2.24) is 5.32 Å². The number of nitrogens with two attached hydrogens (primary N) is 1. The Morgan fingerprint density at radius 1 is 1.33 bits per heavy atom. The fourth-order valence-electron chi connectivity index (χ4n) is 1.42. The fraction of sp³-hybridized carbons (Fsp3) is 0.385. The van der Waals surface area contributed by atoms with Crippen LogP contribution in [0.3, 0.4) is 0 Å². The first kappa shape index (κ1) is 16.8. The molecule has 0 heterocycles. The first-order valence-corrected chi connectivity index (χ1v) is 6.09. The number of methoxy groups -OCH3 is 1. The van der Waals surface area contributed by atoms with Crippen LogP contribution >= 0.6 is 0 Å². The summed E-state index contributed by atoms with van der Waals surface area (Å²) in [6, 6.07) is 1.30. The van der Waals surface area contributed by atoms with Gasteiger partial charge in [-0.15, -0.1) is 0 Å². The Balaban J connectivity index is 2.68. The molecule has 116 valence electrons. The number of nitrogens with one attached hydrogen (secondary N) is 1. The monoisotopic (exact) mass is 302 g/mol. The van der Waals surface area contributed by atoms with E-state index < -0.39 is 40.9 Å². The van der Waals surface area contributed by atoms with Gasteiger partial charge in [-0.25, -0.2) is 13.6 Å². The predicted octanol–water partition coefficient (Wildman–Crippen LogP) is 0.855. The summed E-state index contributed by atoms with van der Waals surface area (Å²) in [5.41, 5.74) is 4.12. The van der Waals surface area contributed by atoms with Crippen LogP contribution in [0.5, 0.6) is 0 Å². The van der Waals surface area contributed by atoms with Gasteiger partial charge in [-0.1, -0.05) is 0 Å². The maximum atomic E-state index is 13.5. The third-order valence-electron chi connectivity index (χ3n) is 2.56. The van der Waals surface area contributed by atoms with E-state index >= 15 is 0 Å². The van der Waals surface area contributed by atoms with Crippen LogP contribution in [0.2, 0.25) is 0 Å². The average Bonchev–Trinajstić information content (AvgIpc) is 2.42. The standard InChI is InChI=1S/C13H16F2N2O4/c1-7(12(18)17-3-4-20-2)21-13(19)8-5-10(15)11(16)6-9(8)14/h5-7H,3-4,16H2,1-2H3,(H,17,18). The van der Waals surface area contributed by atoms with Crippen molar-refractivity contribution in [2.75, 3.05) is 26.0 Å². The molecular formula is C13H16F2N2O4. The molecule has 0 saturated heterocycles. The van der Waals surface area contributed by atoms with Crippen molar-refractivity contribution < 1.29 is 27.8 Å². The number of hydrogen-bond acceptors (Lipinski definition) is 5. The summed E-state index contributed by atoms with van der Waals surface area (Å²) in [5.74, 6) is -3.69. The lowest BCUT2D eigenvalue weighted by molar-refractivity contribution is -0.129. The number of halogens is 2. The van der Waals surface area contributed by atoms with Crippen molar-refractivity contribution in [3.63, 3.8) is 0 Å². The van der Waals surface area contributed by atoms with Crippen molar-refractivity contribution in [1.29, 1.82) is 0 Å². The predicted molar refractivity (Wildman–Crippen MR) is 70.5 cm³/mol. The molecule has 0 aliphatic carbocycles. The number of rotatable bonds is 6. The van der Waals surface area contributed by atoms with Gasteiger partial charge in [0.2, 0.25) is 0 Å². The number of carbonyl (C=O) groups excluding carboxylic acids is 2. The molecule has 1 amide bonds. The summed E-state index contributed by atoms with van der Waals surface area (Å²) in [5, 5.41) is 2.45. The summed E-state index contributed by atoms with van der Waals surface area (Å²) in [7, 11) is 1.47. The highest BCUT2D eigenvalue weighted by Gasteiger charge is 2.22. The highest BCUT2D eigenvalue weighted by molar-refractivity contribution is 5.92. The number of ether oxygens (including phenoxy) is 2. The number of carbonyl (C=O) groups is 2.